The van der Waals surface area contributed by atoms with E-state index in [2.05, 4.69) is 38.8 Å². The van der Waals surface area contributed by atoms with Crippen molar-refractivity contribution in [2.24, 2.45) is 0 Å². The lowest BCUT2D eigenvalue weighted by atomic mass is 10.0. The quantitative estimate of drug-likeness (QED) is 0.722. The van der Waals surface area contributed by atoms with Crippen molar-refractivity contribution in [1.82, 2.24) is 19.7 Å². The maximum Gasteiger partial charge on any atom is 0.187 e. The van der Waals surface area contributed by atoms with Crippen LogP contribution < -0.4 is 4.74 Å². The summed E-state index contributed by atoms with van der Waals surface area (Å²) in [6.45, 7) is 4.20. The molecular formula is C19H20N4O. The van der Waals surface area contributed by atoms with Crippen LogP contribution in [-0.2, 0) is 6.42 Å². The highest BCUT2D eigenvalue weighted by Crippen LogP contribution is 2.34. The lowest BCUT2D eigenvalue weighted by Gasteiger charge is -2.13. The summed E-state index contributed by atoms with van der Waals surface area (Å²) in [6, 6.07) is 12.2. The van der Waals surface area contributed by atoms with Crippen molar-refractivity contribution in [3.8, 4) is 23.0 Å². The van der Waals surface area contributed by atoms with Crippen LogP contribution in [-0.4, -0.2) is 26.9 Å². The van der Waals surface area contributed by atoms with Crippen molar-refractivity contribution in [2.75, 3.05) is 7.11 Å². The zero-order chi connectivity index (χ0) is 16.7. The van der Waals surface area contributed by atoms with Gasteiger partial charge in [0, 0.05) is 11.6 Å². The molecule has 0 bridgehead atoms. The van der Waals surface area contributed by atoms with E-state index >= 15 is 0 Å². The summed E-state index contributed by atoms with van der Waals surface area (Å²) in [7, 11) is 1.70. The third kappa shape index (κ3) is 2.37. The summed E-state index contributed by atoms with van der Waals surface area (Å²) in [4.78, 5) is 4.64. The molecule has 24 heavy (non-hydrogen) atoms. The largest absolute Gasteiger partial charge is 0.497 e. The molecule has 1 aromatic carbocycles. The minimum atomic E-state index is 0.342. The second-order valence-corrected chi connectivity index (χ2v) is 6.32. The number of nitrogens with zero attached hydrogens (tertiary/aromatic N) is 4. The fraction of sp³-hybridized carbons (Fsp3) is 0.316. The Morgan fingerprint density at radius 1 is 1.17 bits per heavy atom. The molecule has 3 heterocycles. The highest BCUT2D eigenvalue weighted by atomic mass is 16.5. The average Bonchev–Trinajstić information content (AvgIpc) is 2.99. The van der Waals surface area contributed by atoms with Crippen molar-refractivity contribution >= 4 is 0 Å². The molecule has 0 saturated carbocycles. The first-order valence-corrected chi connectivity index (χ1v) is 8.24. The molecule has 0 radical (unpaired) electrons. The van der Waals surface area contributed by atoms with Gasteiger partial charge in [0.1, 0.15) is 17.3 Å². The van der Waals surface area contributed by atoms with Crippen LogP contribution >= 0.6 is 0 Å². The smallest absolute Gasteiger partial charge is 0.187 e. The summed E-state index contributed by atoms with van der Waals surface area (Å²) in [5, 5.41) is 8.95. The number of rotatable bonds is 2. The van der Waals surface area contributed by atoms with E-state index < -0.39 is 0 Å². The summed E-state index contributed by atoms with van der Waals surface area (Å²) in [6.07, 6.45) is 2.04. The molecule has 4 rings (SSSR count). The van der Waals surface area contributed by atoms with Gasteiger partial charge in [0.05, 0.1) is 12.8 Å². The van der Waals surface area contributed by atoms with E-state index in [-0.39, 0.29) is 0 Å². The van der Waals surface area contributed by atoms with Gasteiger partial charge in [-0.2, -0.15) is 0 Å². The Morgan fingerprint density at radius 2 is 2.04 bits per heavy atom. The summed E-state index contributed by atoms with van der Waals surface area (Å²) < 4.78 is 7.56. The molecule has 0 amide bonds. The van der Waals surface area contributed by atoms with Crippen LogP contribution in [0.2, 0.25) is 0 Å². The average molecular weight is 320 g/mol. The molecule has 0 saturated heterocycles. The summed E-state index contributed by atoms with van der Waals surface area (Å²) >= 11 is 0. The summed E-state index contributed by atoms with van der Waals surface area (Å²) in [5.41, 5.74) is 4.21. The third-order valence-electron chi connectivity index (χ3n) is 4.62. The van der Waals surface area contributed by atoms with Gasteiger partial charge in [0.25, 0.3) is 0 Å². The molecule has 0 spiro atoms. The van der Waals surface area contributed by atoms with Crippen molar-refractivity contribution in [2.45, 2.75) is 32.6 Å². The number of hydrogen-bond donors (Lipinski definition) is 0. The Kier molecular flexibility index (Phi) is 3.56. The highest BCUT2D eigenvalue weighted by molar-refractivity contribution is 5.58. The Balaban J connectivity index is 1.96. The lowest BCUT2D eigenvalue weighted by Crippen LogP contribution is -2.05. The van der Waals surface area contributed by atoms with Gasteiger partial charge in [-0.3, -0.25) is 4.57 Å². The Hall–Kier alpha value is -2.69. The van der Waals surface area contributed by atoms with Gasteiger partial charge >= 0.3 is 0 Å². The molecule has 1 unspecified atom stereocenters. The number of aromatic nitrogens is 4. The molecule has 1 aliphatic heterocycles. The third-order valence-corrected chi connectivity index (χ3v) is 4.62. The van der Waals surface area contributed by atoms with E-state index in [9.17, 15) is 0 Å². The monoisotopic (exact) mass is 320 g/mol. The van der Waals surface area contributed by atoms with Crippen molar-refractivity contribution in [1.29, 1.82) is 0 Å². The van der Waals surface area contributed by atoms with E-state index in [0.717, 1.165) is 47.3 Å². The van der Waals surface area contributed by atoms with E-state index in [0.29, 0.717) is 5.92 Å². The van der Waals surface area contributed by atoms with E-state index in [1.165, 1.54) is 5.56 Å². The minimum Gasteiger partial charge on any atom is -0.497 e. The number of methoxy groups -OCH3 is 1. The number of benzene rings is 1. The minimum absolute atomic E-state index is 0.342. The van der Waals surface area contributed by atoms with Crippen LogP contribution in [0.3, 0.4) is 0 Å². The Morgan fingerprint density at radius 3 is 2.83 bits per heavy atom. The standard InChI is InChI=1S/C19H20N4O/c1-12-7-8-14-11-15(24-3)9-10-17(14)23-18(12)21-22-19(23)16-6-4-5-13(2)20-16/h4-6,9-12H,7-8H2,1-3H3. The molecule has 0 aliphatic carbocycles. The van der Waals surface area contributed by atoms with Crippen molar-refractivity contribution in [3.63, 3.8) is 0 Å². The zero-order valence-electron chi connectivity index (χ0n) is 14.2. The first-order chi connectivity index (χ1) is 11.7. The van der Waals surface area contributed by atoms with E-state index in [1.807, 2.05) is 31.2 Å². The first kappa shape index (κ1) is 14.9. The summed E-state index contributed by atoms with van der Waals surface area (Å²) in [5.74, 6) is 3.02. The van der Waals surface area contributed by atoms with E-state index in [1.54, 1.807) is 7.11 Å². The Labute approximate surface area is 141 Å². The molecule has 2 aromatic heterocycles. The number of fused-ring (bicyclic) bond motifs is 3. The zero-order valence-corrected chi connectivity index (χ0v) is 14.2. The molecule has 3 aromatic rings. The second-order valence-electron chi connectivity index (χ2n) is 6.32. The first-order valence-electron chi connectivity index (χ1n) is 8.24. The molecule has 5 heteroatoms. The predicted octanol–water partition coefficient (Wildman–Crippen LogP) is 3.70. The van der Waals surface area contributed by atoms with Crippen molar-refractivity contribution in [3.05, 3.63) is 53.5 Å². The van der Waals surface area contributed by atoms with Gasteiger partial charge in [-0.15, -0.1) is 10.2 Å². The van der Waals surface area contributed by atoms with Gasteiger partial charge in [-0.25, -0.2) is 4.98 Å². The maximum absolute atomic E-state index is 5.40. The van der Waals surface area contributed by atoms with Crippen LogP contribution in [0.4, 0.5) is 0 Å². The van der Waals surface area contributed by atoms with Crippen LogP contribution in [0.15, 0.2) is 36.4 Å². The van der Waals surface area contributed by atoms with Gasteiger partial charge in [-0.05, 0) is 55.7 Å². The van der Waals surface area contributed by atoms with Crippen LogP contribution in [0.1, 0.15) is 36.3 Å². The molecule has 1 atom stereocenters. The topological polar surface area (TPSA) is 52.8 Å². The van der Waals surface area contributed by atoms with E-state index in [4.69, 9.17) is 4.74 Å². The molecule has 1 aliphatic rings. The fourth-order valence-electron chi connectivity index (χ4n) is 3.29. The number of aryl methyl sites for hydroxylation is 2. The van der Waals surface area contributed by atoms with Crippen LogP contribution in [0, 0.1) is 6.92 Å². The number of pyridine rings is 1. The fourth-order valence-corrected chi connectivity index (χ4v) is 3.29. The van der Waals surface area contributed by atoms with Crippen LogP contribution in [0.5, 0.6) is 5.75 Å². The molecule has 0 fully saturated rings. The SMILES string of the molecule is COc1ccc2c(c1)CCC(C)c1nnc(-c3cccc(C)n3)n1-2. The molecule has 5 nitrogen and oxygen atoms in total. The van der Waals surface area contributed by atoms with Gasteiger partial charge < -0.3 is 4.74 Å². The number of hydrogen-bond acceptors (Lipinski definition) is 4. The Bertz CT molecular complexity index is 900. The second kappa shape index (κ2) is 5.74. The van der Waals surface area contributed by atoms with Crippen LogP contribution in [0.25, 0.3) is 17.2 Å². The van der Waals surface area contributed by atoms with Gasteiger partial charge in [-0.1, -0.05) is 13.0 Å². The number of ether oxygens (including phenoxy) is 1. The predicted molar refractivity (Wildman–Crippen MR) is 92.6 cm³/mol. The van der Waals surface area contributed by atoms with Gasteiger partial charge in [0.2, 0.25) is 0 Å². The lowest BCUT2D eigenvalue weighted by molar-refractivity contribution is 0.414. The molecule has 0 N–H and O–H groups in total. The van der Waals surface area contributed by atoms with Crippen molar-refractivity contribution < 1.29 is 4.74 Å². The van der Waals surface area contributed by atoms with Gasteiger partial charge in [0.15, 0.2) is 5.82 Å². The molecule has 122 valence electrons. The normalized spacial score (nSPS) is 16.2. The highest BCUT2D eigenvalue weighted by Gasteiger charge is 2.25. The maximum atomic E-state index is 5.40. The molecular weight excluding hydrogens is 300 g/mol.